The summed E-state index contributed by atoms with van der Waals surface area (Å²) in [5.74, 6) is 0. The van der Waals surface area contributed by atoms with Gasteiger partial charge in [0.2, 0.25) is 0 Å². The van der Waals surface area contributed by atoms with E-state index in [2.05, 4.69) is 21.4 Å². The molecule has 0 saturated heterocycles. The molecule has 1 aromatic rings. The lowest BCUT2D eigenvalue weighted by Crippen LogP contribution is -2.21. The van der Waals surface area contributed by atoms with Crippen molar-refractivity contribution in [3.05, 3.63) is 11.9 Å². The summed E-state index contributed by atoms with van der Waals surface area (Å²) >= 11 is 0. The van der Waals surface area contributed by atoms with Gasteiger partial charge in [-0.05, 0) is 19.9 Å². The summed E-state index contributed by atoms with van der Waals surface area (Å²) in [7, 11) is 1.98. The maximum atomic E-state index is 8.84. The molecule has 1 fully saturated rings. The zero-order chi connectivity index (χ0) is 12.1. The van der Waals surface area contributed by atoms with Crippen LogP contribution in [0.2, 0.25) is 0 Å². The van der Waals surface area contributed by atoms with Crippen LogP contribution in [0.1, 0.15) is 43.8 Å². The monoisotopic (exact) mass is 238 g/mol. The Morgan fingerprint density at radius 2 is 2.18 bits per heavy atom. The summed E-state index contributed by atoms with van der Waals surface area (Å²) in [5, 5.41) is 17.3. The molecule has 0 spiro atoms. The Hall–Kier alpha value is -0.940. The fraction of sp³-hybridized carbons (Fsp3) is 0.833. The van der Waals surface area contributed by atoms with Gasteiger partial charge in [-0.25, -0.2) is 4.68 Å². The van der Waals surface area contributed by atoms with Gasteiger partial charge in [0.05, 0.1) is 24.5 Å². The zero-order valence-electron chi connectivity index (χ0n) is 10.5. The minimum absolute atomic E-state index is 0.188. The van der Waals surface area contributed by atoms with Gasteiger partial charge in [-0.1, -0.05) is 24.5 Å². The van der Waals surface area contributed by atoms with E-state index in [4.69, 9.17) is 5.11 Å². The molecule has 17 heavy (non-hydrogen) atoms. The van der Waals surface area contributed by atoms with Crippen LogP contribution in [0.25, 0.3) is 0 Å². The molecular weight excluding hydrogens is 216 g/mol. The molecule has 1 aromatic heterocycles. The lowest BCUT2D eigenvalue weighted by Gasteiger charge is -2.21. The van der Waals surface area contributed by atoms with Gasteiger partial charge in [0, 0.05) is 13.1 Å². The van der Waals surface area contributed by atoms with E-state index in [0.29, 0.717) is 12.6 Å². The third kappa shape index (κ3) is 3.51. The highest BCUT2D eigenvalue weighted by atomic mass is 16.3. The Balaban J connectivity index is 1.90. The fourth-order valence-electron chi connectivity index (χ4n) is 2.44. The highest BCUT2D eigenvalue weighted by Crippen LogP contribution is 2.27. The number of aliphatic hydroxyl groups is 1. The Labute approximate surface area is 102 Å². The maximum Gasteiger partial charge on any atom is 0.0967 e. The molecule has 0 amide bonds. The van der Waals surface area contributed by atoms with Crippen LogP contribution in [-0.4, -0.2) is 45.2 Å². The first-order valence-electron chi connectivity index (χ1n) is 6.49. The van der Waals surface area contributed by atoms with Crippen molar-refractivity contribution < 1.29 is 5.11 Å². The lowest BCUT2D eigenvalue weighted by atomic mass is 9.96. The normalized spacial score (nSPS) is 17.8. The van der Waals surface area contributed by atoms with Gasteiger partial charge < -0.3 is 5.11 Å². The standard InChI is InChI=1S/C12H22N4O/c1-15(7-8-17)9-11-10-16(14-13-11)12-5-3-2-4-6-12/h10,12,17H,2-9H2,1H3. The van der Waals surface area contributed by atoms with Crippen LogP contribution in [0.15, 0.2) is 6.20 Å². The van der Waals surface area contributed by atoms with Crippen molar-refractivity contribution in [1.82, 2.24) is 19.9 Å². The van der Waals surface area contributed by atoms with Crippen molar-refractivity contribution in [2.24, 2.45) is 0 Å². The molecule has 5 nitrogen and oxygen atoms in total. The first-order valence-corrected chi connectivity index (χ1v) is 6.49. The number of hydrogen-bond acceptors (Lipinski definition) is 4. The first-order chi connectivity index (χ1) is 8.29. The van der Waals surface area contributed by atoms with Crippen molar-refractivity contribution in [1.29, 1.82) is 0 Å². The number of aromatic nitrogens is 3. The zero-order valence-corrected chi connectivity index (χ0v) is 10.5. The largest absolute Gasteiger partial charge is 0.395 e. The summed E-state index contributed by atoms with van der Waals surface area (Å²) in [5.41, 5.74) is 0.992. The quantitative estimate of drug-likeness (QED) is 0.837. The van der Waals surface area contributed by atoms with Crippen molar-refractivity contribution in [2.75, 3.05) is 20.2 Å². The highest BCUT2D eigenvalue weighted by Gasteiger charge is 2.16. The highest BCUT2D eigenvalue weighted by molar-refractivity contribution is 4.93. The average Bonchev–Trinajstić information content (AvgIpc) is 2.79. The topological polar surface area (TPSA) is 54.2 Å². The van der Waals surface area contributed by atoms with E-state index in [1.54, 1.807) is 0 Å². The number of aliphatic hydroxyl groups excluding tert-OH is 1. The molecule has 1 aliphatic carbocycles. The number of likely N-dealkylation sites (N-methyl/N-ethyl adjacent to an activating group) is 1. The molecule has 0 radical (unpaired) electrons. The van der Waals surface area contributed by atoms with Crippen LogP contribution in [-0.2, 0) is 6.54 Å². The summed E-state index contributed by atoms with van der Waals surface area (Å²) in [6.45, 7) is 1.62. The smallest absolute Gasteiger partial charge is 0.0967 e. The van der Waals surface area contributed by atoms with Gasteiger partial charge in [0.1, 0.15) is 0 Å². The molecule has 5 heteroatoms. The molecule has 1 aliphatic rings. The van der Waals surface area contributed by atoms with E-state index in [9.17, 15) is 0 Å². The van der Waals surface area contributed by atoms with Crippen molar-refractivity contribution in [3.63, 3.8) is 0 Å². The second kappa shape index (κ2) is 6.12. The second-order valence-corrected chi connectivity index (χ2v) is 4.94. The van der Waals surface area contributed by atoms with Crippen LogP contribution in [0.5, 0.6) is 0 Å². The van der Waals surface area contributed by atoms with Gasteiger partial charge >= 0.3 is 0 Å². The Kier molecular flexibility index (Phi) is 4.50. The van der Waals surface area contributed by atoms with E-state index in [0.717, 1.165) is 12.2 Å². The Morgan fingerprint density at radius 1 is 1.41 bits per heavy atom. The molecule has 1 saturated carbocycles. The van der Waals surface area contributed by atoms with Crippen molar-refractivity contribution in [2.45, 2.75) is 44.7 Å². The molecule has 1 N–H and O–H groups in total. The third-order valence-electron chi connectivity index (χ3n) is 3.42. The SMILES string of the molecule is CN(CCO)Cc1cn(C2CCCCC2)nn1. The predicted octanol–water partition coefficient (Wildman–Crippen LogP) is 1.21. The molecular formula is C12H22N4O. The van der Waals surface area contributed by atoms with Gasteiger partial charge in [-0.2, -0.15) is 0 Å². The second-order valence-electron chi connectivity index (χ2n) is 4.94. The van der Waals surface area contributed by atoms with E-state index >= 15 is 0 Å². The Bertz CT molecular complexity index is 333. The van der Waals surface area contributed by atoms with E-state index in [1.807, 2.05) is 11.7 Å². The first kappa shape index (κ1) is 12.5. The summed E-state index contributed by atoms with van der Waals surface area (Å²) in [6.07, 6.45) is 8.50. The van der Waals surface area contributed by atoms with Crippen LogP contribution < -0.4 is 0 Å². The van der Waals surface area contributed by atoms with Gasteiger partial charge in [-0.3, -0.25) is 4.90 Å². The van der Waals surface area contributed by atoms with E-state index < -0.39 is 0 Å². The van der Waals surface area contributed by atoms with Gasteiger partial charge in [-0.15, -0.1) is 5.10 Å². The molecule has 0 aliphatic heterocycles. The summed E-state index contributed by atoms with van der Waals surface area (Å²) in [4.78, 5) is 2.05. The fourth-order valence-corrected chi connectivity index (χ4v) is 2.44. The van der Waals surface area contributed by atoms with Crippen molar-refractivity contribution >= 4 is 0 Å². The lowest BCUT2D eigenvalue weighted by molar-refractivity contribution is 0.216. The minimum atomic E-state index is 0.188. The summed E-state index contributed by atoms with van der Waals surface area (Å²) < 4.78 is 2.03. The Morgan fingerprint density at radius 3 is 2.88 bits per heavy atom. The number of rotatable bonds is 5. The van der Waals surface area contributed by atoms with Crippen molar-refractivity contribution in [3.8, 4) is 0 Å². The van der Waals surface area contributed by atoms with Crippen LogP contribution >= 0.6 is 0 Å². The molecule has 0 atom stereocenters. The number of hydrogen-bond donors (Lipinski definition) is 1. The molecule has 96 valence electrons. The number of nitrogens with zero attached hydrogens (tertiary/aromatic N) is 4. The van der Waals surface area contributed by atoms with Gasteiger partial charge in [0.25, 0.3) is 0 Å². The third-order valence-corrected chi connectivity index (χ3v) is 3.42. The maximum absolute atomic E-state index is 8.84. The van der Waals surface area contributed by atoms with Gasteiger partial charge in [0.15, 0.2) is 0 Å². The molecule has 0 aromatic carbocycles. The van der Waals surface area contributed by atoms with Crippen LogP contribution in [0.3, 0.4) is 0 Å². The van der Waals surface area contributed by atoms with Crippen LogP contribution in [0.4, 0.5) is 0 Å². The molecule has 0 unspecified atom stereocenters. The molecule has 1 heterocycles. The van der Waals surface area contributed by atoms with Crippen LogP contribution in [0, 0.1) is 0 Å². The summed E-state index contributed by atoms with van der Waals surface area (Å²) in [6, 6.07) is 0.549. The minimum Gasteiger partial charge on any atom is -0.395 e. The molecule has 2 rings (SSSR count). The van der Waals surface area contributed by atoms with E-state index in [-0.39, 0.29) is 6.61 Å². The molecule has 0 bridgehead atoms. The van der Waals surface area contributed by atoms with E-state index in [1.165, 1.54) is 32.1 Å². The predicted molar refractivity (Wildman–Crippen MR) is 65.6 cm³/mol. The average molecular weight is 238 g/mol.